The van der Waals surface area contributed by atoms with Crippen LogP contribution in [0.15, 0.2) is 63.3 Å². The van der Waals surface area contributed by atoms with Crippen LogP contribution in [0.3, 0.4) is 0 Å². The summed E-state index contributed by atoms with van der Waals surface area (Å²) in [5.41, 5.74) is 2.14. The summed E-state index contributed by atoms with van der Waals surface area (Å²) < 4.78 is 11.6. The summed E-state index contributed by atoms with van der Waals surface area (Å²) in [6, 6.07) is 11.0. The molecule has 0 bridgehead atoms. The van der Waals surface area contributed by atoms with Crippen molar-refractivity contribution in [3.05, 3.63) is 64.4 Å². The van der Waals surface area contributed by atoms with Gasteiger partial charge in [-0.1, -0.05) is 0 Å². The molecular formula is C21H20BrN3O3S. The normalized spacial score (nSPS) is 10.5. The summed E-state index contributed by atoms with van der Waals surface area (Å²) in [6.07, 6.45) is 3.42. The standard InChI is InChI=1S/C21H20BrN3O3S/c1-4-28-19-16(22)11-14(12-18(19)27-3)20(26)25-17-7-6-15(10-13(17)2)29-21-23-8-5-9-24-21/h5-12H,4H2,1-3H3,(H,25,26). The SMILES string of the molecule is CCOc1c(Br)cc(C(=O)Nc2ccc(Sc3ncccn3)cc2C)cc1OC. The Kier molecular flexibility index (Phi) is 7.11. The molecule has 0 aliphatic rings. The van der Waals surface area contributed by atoms with Gasteiger partial charge < -0.3 is 14.8 Å². The summed E-state index contributed by atoms with van der Waals surface area (Å²) in [5.74, 6) is 0.840. The first-order chi connectivity index (χ1) is 14.0. The highest BCUT2D eigenvalue weighted by molar-refractivity contribution is 9.10. The van der Waals surface area contributed by atoms with Crippen molar-refractivity contribution in [2.24, 2.45) is 0 Å². The first-order valence-corrected chi connectivity index (χ1v) is 10.5. The van der Waals surface area contributed by atoms with Gasteiger partial charge in [0.25, 0.3) is 5.91 Å². The molecule has 0 aliphatic heterocycles. The molecule has 0 spiro atoms. The van der Waals surface area contributed by atoms with Gasteiger partial charge in [0.1, 0.15) is 0 Å². The molecule has 3 aromatic rings. The average Bonchev–Trinajstić information content (AvgIpc) is 2.72. The number of rotatable bonds is 7. The van der Waals surface area contributed by atoms with Crippen LogP contribution in [-0.2, 0) is 0 Å². The second kappa shape index (κ2) is 9.76. The third-order valence-corrected chi connectivity index (χ3v) is 5.45. The molecule has 8 heteroatoms. The fraction of sp³-hybridized carbons (Fsp3) is 0.190. The van der Waals surface area contributed by atoms with Crippen LogP contribution in [0.2, 0.25) is 0 Å². The van der Waals surface area contributed by atoms with Crippen LogP contribution >= 0.6 is 27.7 Å². The van der Waals surface area contributed by atoms with Crippen LogP contribution in [0.1, 0.15) is 22.8 Å². The fourth-order valence-corrected chi connectivity index (χ4v) is 3.98. The number of nitrogens with one attached hydrogen (secondary N) is 1. The van der Waals surface area contributed by atoms with Gasteiger partial charge in [0.15, 0.2) is 16.7 Å². The Morgan fingerprint density at radius 3 is 2.62 bits per heavy atom. The number of carbonyl (C=O) groups is 1. The lowest BCUT2D eigenvalue weighted by Crippen LogP contribution is -2.13. The highest BCUT2D eigenvalue weighted by atomic mass is 79.9. The Morgan fingerprint density at radius 2 is 1.97 bits per heavy atom. The Hall–Kier alpha value is -2.58. The molecule has 0 atom stereocenters. The van der Waals surface area contributed by atoms with Crippen molar-refractivity contribution in [3.63, 3.8) is 0 Å². The van der Waals surface area contributed by atoms with E-state index in [9.17, 15) is 4.79 Å². The third kappa shape index (κ3) is 5.27. The molecule has 1 heterocycles. The lowest BCUT2D eigenvalue weighted by atomic mass is 10.1. The molecule has 29 heavy (non-hydrogen) atoms. The predicted octanol–water partition coefficient (Wildman–Crippen LogP) is 5.36. The minimum atomic E-state index is -0.234. The van der Waals surface area contributed by atoms with Crippen LogP contribution in [-0.4, -0.2) is 29.6 Å². The van der Waals surface area contributed by atoms with Gasteiger partial charge in [-0.3, -0.25) is 4.79 Å². The molecule has 3 rings (SSSR count). The number of nitrogens with zero attached hydrogens (tertiary/aromatic N) is 2. The number of amides is 1. The Labute approximate surface area is 182 Å². The largest absolute Gasteiger partial charge is 0.493 e. The molecule has 150 valence electrons. The Morgan fingerprint density at radius 1 is 1.21 bits per heavy atom. The lowest BCUT2D eigenvalue weighted by molar-refractivity contribution is 0.102. The van der Waals surface area contributed by atoms with E-state index in [2.05, 4.69) is 31.2 Å². The zero-order valence-electron chi connectivity index (χ0n) is 16.2. The number of aromatic nitrogens is 2. The molecule has 1 aromatic heterocycles. The van der Waals surface area contributed by atoms with Gasteiger partial charge >= 0.3 is 0 Å². The zero-order valence-corrected chi connectivity index (χ0v) is 18.6. The van der Waals surface area contributed by atoms with Crippen molar-refractivity contribution < 1.29 is 14.3 Å². The number of carbonyl (C=O) groups excluding carboxylic acids is 1. The zero-order chi connectivity index (χ0) is 20.8. The van der Waals surface area contributed by atoms with Crippen LogP contribution in [0.25, 0.3) is 0 Å². The second-order valence-corrected chi connectivity index (χ2v) is 7.88. The van der Waals surface area contributed by atoms with Gasteiger partial charge in [0, 0.05) is 28.5 Å². The van der Waals surface area contributed by atoms with Gasteiger partial charge in [-0.25, -0.2) is 9.97 Å². The molecular weight excluding hydrogens is 454 g/mol. The summed E-state index contributed by atoms with van der Waals surface area (Å²) in [4.78, 5) is 22.2. The van der Waals surface area contributed by atoms with Crippen LogP contribution in [0, 0.1) is 6.92 Å². The number of aryl methyl sites for hydroxylation is 1. The van der Waals surface area contributed by atoms with Crippen LogP contribution in [0.4, 0.5) is 5.69 Å². The highest BCUT2D eigenvalue weighted by Gasteiger charge is 2.16. The van der Waals surface area contributed by atoms with Crippen molar-refractivity contribution >= 4 is 39.3 Å². The number of halogens is 1. The lowest BCUT2D eigenvalue weighted by Gasteiger charge is -2.14. The van der Waals surface area contributed by atoms with Gasteiger partial charge in [0.2, 0.25) is 0 Å². The minimum Gasteiger partial charge on any atom is -0.493 e. The first kappa shape index (κ1) is 21.1. The molecule has 0 saturated carbocycles. The average molecular weight is 474 g/mol. The molecule has 0 unspecified atom stereocenters. The quantitative estimate of drug-likeness (QED) is 0.465. The van der Waals surface area contributed by atoms with Crippen molar-refractivity contribution in [3.8, 4) is 11.5 Å². The summed E-state index contributed by atoms with van der Waals surface area (Å²) in [5, 5.41) is 3.63. The van der Waals surface area contributed by atoms with E-state index in [1.807, 2.05) is 32.0 Å². The van der Waals surface area contributed by atoms with Crippen molar-refractivity contribution in [2.45, 2.75) is 23.9 Å². The molecule has 6 nitrogen and oxygen atoms in total. The third-order valence-electron chi connectivity index (χ3n) is 3.98. The summed E-state index contributed by atoms with van der Waals surface area (Å²) in [7, 11) is 1.54. The summed E-state index contributed by atoms with van der Waals surface area (Å²) in [6.45, 7) is 4.33. The molecule has 2 aromatic carbocycles. The summed E-state index contributed by atoms with van der Waals surface area (Å²) >= 11 is 4.92. The first-order valence-electron chi connectivity index (χ1n) is 8.89. The maximum atomic E-state index is 12.8. The van der Waals surface area contributed by atoms with E-state index < -0.39 is 0 Å². The molecule has 0 aliphatic carbocycles. The van der Waals surface area contributed by atoms with E-state index in [-0.39, 0.29) is 5.91 Å². The maximum Gasteiger partial charge on any atom is 0.255 e. The number of hydrogen-bond acceptors (Lipinski definition) is 6. The smallest absolute Gasteiger partial charge is 0.255 e. The Balaban J connectivity index is 1.77. The van der Waals surface area contributed by atoms with Gasteiger partial charge in [-0.05, 0) is 83.5 Å². The van der Waals surface area contributed by atoms with Crippen molar-refractivity contribution in [2.75, 3.05) is 19.0 Å². The number of ether oxygens (including phenoxy) is 2. The van der Waals surface area contributed by atoms with E-state index >= 15 is 0 Å². The van der Waals surface area contributed by atoms with E-state index in [1.54, 1.807) is 37.7 Å². The van der Waals surface area contributed by atoms with E-state index in [0.29, 0.717) is 33.3 Å². The van der Waals surface area contributed by atoms with Crippen LogP contribution < -0.4 is 14.8 Å². The number of benzene rings is 2. The van der Waals surface area contributed by atoms with Crippen molar-refractivity contribution in [1.82, 2.24) is 9.97 Å². The fourth-order valence-electron chi connectivity index (χ4n) is 2.61. The molecule has 1 amide bonds. The van der Waals surface area contributed by atoms with E-state index in [1.165, 1.54) is 11.8 Å². The van der Waals surface area contributed by atoms with Gasteiger partial charge in [-0.15, -0.1) is 0 Å². The van der Waals surface area contributed by atoms with Crippen LogP contribution in [0.5, 0.6) is 11.5 Å². The number of hydrogen-bond donors (Lipinski definition) is 1. The Bertz CT molecular complexity index is 1020. The van der Waals surface area contributed by atoms with E-state index in [4.69, 9.17) is 9.47 Å². The highest BCUT2D eigenvalue weighted by Crippen LogP contribution is 2.37. The second-order valence-electron chi connectivity index (χ2n) is 5.99. The predicted molar refractivity (Wildman–Crippen MR) is 117 cm³/mol. The number of anilines is 1. The van der Waals surface area contributed by atoms with Gasteiger partial charge in [0.05, 0.1) is 18.2 Å². The van der Waals surface area contributed by atoms with Crippen molar-refractivity contribution in [1.29, 1.82) is 0 Å². The van der Waals surface area contributed by atoms with Gasteiger partial charge in [-0.2, -0.15) is 0 Å². The molecule has 1 N–H and O–H groups in total. The molecule has 0 radical (unpaired) electrons. The monoisotopic (exact) mass is 473 g/mol. The minimum absolute atomic E-state index is 0.234. The number of methoxy groups -OCH3 is 1. The maximum absolute atomic E-state index is 12.8. The molecule has 0 saturated heterocycles. The molecule has 0 fully saturated rings. The van der Waals surface area contributed by atoms with E-state index in [0.717, 1.165) is 16.1 Å². The topological polar surface area (TPSA) is 73.3 Å².